The van der Waals surface area contributed by atoms with Gasteiger partial charge in [-0.1, -0.05) is 0 Å². The zero-order chi connectivity index (χ0) is 9.42. The van der Waals surface area contributed by atoms with E-state index in [0.29, 0.717) is 6.42 Å². The molecule has 0 aromatic rings. The SMILES string of the molecule is N[C@@H]1C(=O)N[C@@H]1CC1CCNC1=O. The average molecular weight is 183 g/mol. The number of nitrogens with one attached hydrogen (secondary N) is 2. The molecule has 72 valence electrons. The van der Waals surface area contributed by atoms with Gasteiger partial charge in [-0.05, 0) is 12.8 Å². The molecule has 13 heavy (non-hydrogen) atoms. The van der Waals surface area contributed by atoms with E-state index in [1.54, 1.807) is 0 Å². The number of amides is 2. The molecule has 5 heteroatoms. The predicted molar refractivity (Wildman–Crippen MR) is 45.6 cm³/mol. The molecule has 0 spiro atoms. The topological polar surface area (TPSA) is 84.2 Å². The lowest BCUT2D eigenvalue weighted by Gasteiger charge is -2.35. The summed E-state index contributed by atoms with van der Waals surface area (Å²) in [7, 11) is 0. The molecule has 2 fully saturated rings. The Labute approximate surface area is 76.0 Å². The fourth-order valence-electron chi connectivity index (χ4n) is 1.84. The number of β-lactam (4-membered cyclic amide) rings is 1. The van der Waals surface area contributed by atoms with Crippen molar-refractivity contribution >= 4 is 11.8 Å². The second kappa shape index (κ2) is 2.99. The van der Waals surface area contributed by atoms with Crippen LogP contribution in [0.2, 0.25) is 0 Å². The van der Waals surface area contributed by atoms with E-state index in [1.165, 1.54) is 0 Å². The first kappa shape index (κ1) is 8.50. The van der Waals surface area contributed by atoms with Crippen molar-refractivity contribution in [3.63, 3.8) is 0 Å². The van der Waals surface area contributed by atoms with E-state index in [-0.39, 0.29) is 23.8 Å². The molecule has 2 aliphatic rings. The molecule has 1 unspecified atom stereocenters. The number of carbonyl (C=O) groups is 2. The minimum absolute atomic E-state index is 0.00125. The second-order valence-corrected chi connectivity index (χ2v) is 3.65. The Hall–Kier alpha value is -1.10. The lowest BCUT2D eigenvalue weighted by Crippen LogP contribution is -2.67. The molecule has 5 nitrogen and oxygen atoms in total. The van der Waals surface area contributed by atoms with Gasteiger partial charge in [0.05, 0.1) is 6.04 Å². The molecular formula is C8H13N3O2. The Kier molecular flexibility index (Phi) is 1.95. The van der Waals surface area contributed by atoms with Gasteiger partial charge < -0.3 is 16.4 Å². The van der Waals surface area contributed by atoms with Crippen LogP contribution in [0.15, 0.2) is 0 Å². The molecule has 0 bridgehead atoms. The highest BCUT2D eigenvalue weighted by atomic mass is 16.2. The van der Waals surface area contributed by atoms with E-state index in [9.17, 15) is 9.59 Å². The van der Waals surface area contributed by atoms with Crippen LogP contribution in [0.25, 0.3) is 0 Å². The molecule has 0 radical (unpaired) electrons. The van der Waals surface area contributed by atoms with Crippen molar-refractivity contribution in [1.29, 1.82) is 0 Å². The number of nitrogens with two attached hydrogens (primary N) is 1. The molecule has 4 N–H and O–H groups in total. The first-order chi connectivity index (χ1) is 6.18. The van der Waals surface area contributed by atoms with Crippen molar-refractivity contribution in [2.24, 2.45) is 11.7 Å². The summed E-state index contributed by atoms with van der Waals surface area (Å²) in [4.78, 5) is 21.9. The maximum atomic E-state index is 11.2. The van der Waals surface area contributed by atoms with Crippen LogP contribution in [0.4, 0.5) is 0 Å². The Morgan fingerprint density at radius 2 is 2.15 bits per heavy atom. The summed E-state index contributed by atoms with van der Waals surface area (Å²) in [6.45, 7) is 0.749. The summed E-state index contributed by atoms with van der Waals surface area (Å²) in [6, 6.07) is -0.408. The van der Waals surface area contributed by atoms with Crippen LogP contribution in [-0.4, -0.2) is 30.4 Å². The molecule has 2 saturated heterocycles. The Bertz CT molecular complexity index is 254. The summed E-state index contributed by atoms with van der Waals surface area (Å²) in [5.41, 5.74) is 5.55. The predicted octanol–water partition coefficient (Wildman–Crippen LogP) is -1.66. The minimum Gasteiger partial charge on any atom is -0.356 e. The van der Waals surface area contributed by atoms with E-state index in [0.717, 1.165) is 13.0 Å². The summed E-state index contributed by atoms with van der Waals surface area (Å²) in [5, 5.41) is 5.45. The molecular weight excluding hydrogens is 170 g/mol. The van der Waals surface area contributed by atoms with Crippen LogP contribution in [0.1, 0.15) is 12.8 Å². The van der Waals surface area contributed by atoms with Gasteiger partial charge in [-0.3, -0.25) is 9.59 Å². The summed E-state index contributed by atoms with van der Waals surface area (Å²) in [5.74, 6) is 0.0217. The van der Waals surface area contributed by atoms with Gasteiger partial charge in [0.15, 0.2) is 0 Å². The average Bonchev–Trinajstić information content (AvgIpc) is 2.51. The third-order valence-electron chi connectivity index (χ3n) is 2.77. The lowest BCUT2D eigenvalue weighted by molar-refractivity contribution is -0.132. The third kappa shape index (κ3) is 1.39. The van der Waals surface area contributed by atoms with Gasteiger partial charge in [0.2, 0.25) is 11.8 Å². The quantitative estimate of drug-likeness (QED) is 0.448. The number of hydrogen-bond acceptors (Lipinski definition) is 3. The zero-order valence-electron chi connectivity index (χ0n) is 7.25. The second-order valence-electron chi connectivity index (χ2n) is 3.65. The van der Waals surface area contributed by atoms with Gasteiger partial charge in [0, 0.05) is 12.5 Å². The lowest BCUT2D eigenvalue weighted by atomic mass is 9.89. The van der Waals surface area contributed by atoms with Crippen LogP contribution < -0.4 is 16.4 Å². The molecule has 2 heterocycles. The summed E-state index contributed by atoms with van der Waals surface area (Å²) >= 11 is 0. The van der Waals surface area contributed by atoms with Gasteiger partial charge >= 0.3 is 0 Å². The highest BCUT2D eigenvalue weighted by Crippen LogP contribution is 2.20. The third-order valence-corrected chi connectivity index (χ3v) is 2.77. The van der Waals surface area contributed by atoms with Gasteiger partial charge in [0.25, 0.3) is 0 Å². The monoisotopic (exact) mass is 183 g/mol. The van der Waals surface area contributed by atoms with E-state index in [2.05, 4.69) is 10.6 Å². The molecule has 0 saturated carbocycles. The van der Waals surface area contributed by atoms with Crippen molar-refractivity contribution < 1.29 is 9.59 Å². The molecule has 0 aromatic heterocycles. The highest BCUT2D eigenvalue weighted by molar-refractivity contribution is 5.89. The Morgan fingerprint density at radius 1 is 1.38 bits per heavy atom. The first-order valence-electron chi connectivity index (χ1n) is 4.52. The fraction of sp³-hybridized carbons (Fsp3) is 0.750. The summed E-state index contributed by atoms with van der Waals surface area (Å²) < 4.78 is 0. The molecule has 0 aromatic carbocycles. The normalized spacial score (nSPS) is 38.1. The Morgan fingerprint density at radius 3 is 2.62 bits per heavy atom. The van der Waals surface area contributed by atoms with Crippen molar-refractivity contribution in [1.82, 2.24) is 10.6 Å². The van der Waals surface area contributed by atoms with E-state index in [4.69, 9.17) is 5.73 Å². The zero-order valence-corrected chi connectivity index (χ0v) is 7.25. The fourth-order valence-corrected chi connectivity index (χ4v) is 1.84. The summed E-state index contributed by atoms with van der Waals surface area (Å²) in [6.07, 6.45) is 1.54. The van der Waals surface area contributed by atoms with Crippen LogP contribution in [-0.2, 0) is 9.59 Å². The molecule has 3 atom stereocenters. The number of carbonyl (C=O) groups excluding carboxylic acids is 2. The number of hydrogen-bond donors (Lipinski definition) is 3. The van der Waals surface area contributed by atoms with Crippen molar-refractivity contribution in [2.45, 2.75) is 24.9 Å². The molecule has 2 aliphatic heterocycles. The minimum atomic E-state index is -0.409. The molecule has 2 rings (SSSR count). The van der Waals surface area contributed by atoms with E-state index >= 15 is 0 Å². The standard InChI is InChI=1S/C8H13N3O2/c9-6-5(11-8(6)13)3-4-1-2-10-7(4)12/h4-6H,1-3,9H2,(H,10,12)(H,11,13)/t4?,5-,6+/m1/s1. The largest absolute Gasteiger partial charge is 0.356 e. The van der Waals surface area contributed by atoms with Crippen molar-refractivity contribution in [2.75, 3.05) is 6.54 Å². The molecule has 2 amide bonds. The van der Waals surface area contributed by atoms with Crippen LogP contribution in [0.5, 0.6) is 0 Å². The van der Waals surface area contributed by atoms with Crippen molar-refractivity contribution in [3.8, 4) is 0 Å². The molecule has 0 aliphatic carbocycles. The van der Waals surface area contributed by atoms with E-state index < -0.39 is 6.04 Å². The number of rotatable bonds is 2. The van der Waals surface area contributed by atoms with Gasteiger partial charge in [-0.15, -0.1) is 0 Å². The van der Waals surface area contributed by atoms with Gasteiger partial charge in [0.1, 0.15) is 6.04 Å². The van der Waals surface area contributed by atoms with E-state index in [1.807, 2.05) is 0 Å². The first-order valence-corrected chi connectivity index (χ1v) is 4.52. The smallest absolute Gasteiger partial charge is 0.239 e. The Balaban J connectivity index is 1.85. The van der Waals surface area contributed by atoms with Crippen LogP contribution >= 0.6 is 0 Å². The van der Waals surface area contributed by atoms with Crippen LogP contribution in [0.3, 0.4) is 0 Å². The maximum Gasteiger partial charge on any atom is 0.239 e. The van der Waals surface area contributed by atoms with Gasteiger partial charge in [-0.2, -0.15) is 0 Å². The highest BCUT2D eigenvalue weighted by Gasteiger charge is 2.39. The van der Waals surface area contributed by atoms with Gasteiger partial charge in [-0.25, -0.2) is 0 Å². The van der Waals surface area contributed by atoms with Crippen molar-refractivity contribution in [3.05, 3.63) is 0 Å². The maximum absolute atomic E-state index is 11.2. The van der Waals surface area contributed by atoms with Crippen LogP contribution in [0, 0.1) is 5.92 Å².